The van der Waals surface area contributed by atoms with Crippen molar-refractivity contribution in [2.24, 2.45) is 0 Å². The normalized spacial score (nSPS) is 20.1. The van der Waals surface area contributed by atoms with Crippen LogP contribution in [0.5, 0.6) is 0 Å². The lowest BCUT2D eigenvalue weighted by Crippen LogP contribution is -2.30. The molecule has 1 aliphatic heterocycles. The van der Waals surface area contributed by atoms with Gasteiger partial charge in [-0.15, -0.1) is 0 Å². The van der Waals surface area contributed by atoms with E-state index in [1.54, 1.807) is 25.1 Å². The van der Waals surface area contributed by atoms with Crippen molar-refractivity contribution in [3.63, 3.8) is 0 Å². The van der Waals surface area contributed by atoms with Gasteiger partial charge in [0, 0.05) is 5.56 Å². The molecular formula is C11H11FN2O2. The third kappa shape index (κ3) is 1.76. The van der Waals surface area contributed by atoms with Crippen LogP contribution in [0.3, 0.4) is 0 Å². The molecule has 1 aromatic carbocycles. The molecule has 1 N–H and O–H groups in total. The Balaban J connectivity index is 2.20. The van der Waals surface area contributed by atoms with Gasteiger partial charge in [0.1, 0.15) is 11.9 Å². The molecule has 2 rings (SSSR count). The fraction of sp³-hybridized carbons (Fsp3) is 0.273. The summed E-state index contributed by atoms with van der Waals surface area (Å²) in [5.41, 5.74) is 0.333. The number of benzene rings is 1. The average Bonchev–Trinajstić information content (AvgIpc) is 2.48. The Morgan fingerprint density at radius 1 is 1.38 bits per heavy atom. The van der Waals surface area contributed by atoms with Crippen LogP contribution >= 0.6 is 0 Å². The van der Waals surface area contributed by atoms with E-state index < -0.39 is 17.9 Å². The first-order chi connectivity index (χ1) is 7.59. The lowest BCUT2D eigenvalue weighted by atomic mass is 10.2. The minimum absolute atomic E-state index is 0.0261. The summed E-state index contributed by atoms with van der Waals surface area (Å²) in [6, 6.07) is 5.09. The number of hydrogen-bond donors (Lipinski definition) is 1. The fourth-order valence-corrected chi connectivity index (χ4v) is 1.61. The van der Waals surface area contributed by atoms with Gasteiger partial charge < -0.3 is 5.32 Å². The molecule has 1 unspecified atom stereocenters. The van der Waals surface area contributed by atoms with Gasteiger partial charge in [0.25, 0.3) is 5.91 Å². The first-order valence-electron chi connectivity index (χ1n) is 4.95. The van der Waals surface area contributed by atoms with Gasteiger partial charge in [0.05, 0.1) is 6.54 Å². The van der Waals surface area contributed by atoms with Gasteiger partial charge >= 0.3 is 6.03 Å². The van der Waals surface area contributed by atoms with Crippen molar-refractivity contribution in [1.29, 1.82) is 0 Å². The molecule has 16 heavy (non-hydrogen) atoms. The van der Waals surface area contributed by atoms with Crippen molar-refractivity contribution in [3.8, 4) is 0 Å². The lowest BCUT2D eigenvalue weighted by molar-refractivity contribution is -0.127. The van der Waals surface area contributed by atoms with E-state index in [-0.39, 0.29) is 12.5 Å². The molecule has 0 aliphatic carbocycles. The Bertz CT molecular complexity index is 447. The van der Waals surface area contributed by atoms with E-state index in [2.05, 4.69) is 5.32 Å². The van der Waals surface area contributed by atoms with Crippen LogP contribution in [0, 0.1) is 5.82 Å². The minimum Gasteiger partial charge on any atom is -0.326 e. The molecule has 0 radical (unpaired) electrons. The zero-order chi connectivity index (χ0) is 11.7. The van der Waals surface area contributed by atoms with Crippen LogP contribution in [-0.4, -0.2) is 22.9 Å². The largest absolute Gasteiger partial charge is 0.326 e. The van der Waals surface area contributed by atoms with Gasteiger partial charge in [-0.2, -0.15) is 0 Å². The summed E-state index contributed by atoms with van der Waals surface area (Å²) in [7, 11) is 0. The summed E-state index contributed by atoms with van der Waals surface area (Å²) in [6.07, 6.45) is 0. The number of carbonyl (C=O) groups is 2. The monoisotopic (exact) mass is 222 g/mol. The molecule has 1 atom stereocenters. The van der Waals surface area contributed by atoms with Crippen LogP contribution in [-0.2, 0) is 11.3 Å². The van der Waals surface area contributed by atoms with E-state index in [0.717, 1.165) is 4.90 Å². The van der Waals surface area contributed by atoms with Gasteiger partial charge in [-0.3, -0.25) is 9.69 Å². The lowest BCUT2D eigenvalue weighted by Gasteiger charge is -2.12. The van der Waals surface area contributed by atoms with Gasteiger partial charge in [-0.25, -0.2) is 9.18 Å². The van der Waals surface area contributed by atoms with Crippen LogP contribution in [0.4, 0.5) is 9.18 Å². The molecular weight excluding hydrogens is 211 g/mol. The molecule has 3 amide bonds. The van der Waals surface area contributed by atoms with Crippen LogP contribution in [0.2, 0.25) is 0 Å². The first-order valence-corrected chi connectivity index (χ1v) is 4.95. The highest BCUT2D eigenvalue weighted by molar-refractivity contribution is 6.03. The summed E-state index contributed by atoms with van der Waals surface area (Å²) in [5.74, 6) is -0.740. The van der Waals surface area contributed by atoms with E-state index in [4.69, 9.17) is 0 Å². The summed E-state index contributed by atoms with van der Waals surface area (Å²) in [6.45, 7) is 1.57. The SMILES string of the molecule is CC1NC(=O)N(Cc2ccccc2F)C1=O. The standard InChI is InChI=1S/C11H11FN2O2/c1-7-10(15)14(11(16)13-7)6-8-4-2-3-5-9(8)12/h2-5,7H,6H2,1H3,(H,13,16). The molecule has 1 aliphatic rings. The van der Waals surface area contributed by atoms with Crippen LogP contribution in [0.1, 0.15) is 12.5 Å². The zero-order valence-electron chi connectivity index (χ0n) is 8.74. The van der Waals surface area contributed by atoms with Crippen molar-refractivity contribution < 1.29 is 14.0 Å². The highest BCUT2D eigenvalue weighted by atomic mass is 19.1. The molecule has 0 aromatic heterocycles. The number of imide groups is 1. The topological polar surface area (TPSA) is 49.4 Å². The number of urea groups is 1. The van der Waals surface area contributed by atoms with E-state index in [0.29, 0.717) is 5.56 Å². The van der Waals surface area contributed by atoms with Gasteiger partial charge in [-0.05, 0) is 13.0 Å². The Morgan fingerprint density at radius 2 is 2.06 bits per heavy atom. The van der Waals surface area contributed by atoms with Crippen molar-refractivity contribution in [1.82, 2.24) is 10.2 Å². The predicted octanol–water partition coefficient (Wildman–Crippen LogP) is 1.27. The second-order valence-corrected chi connectivity index (χ2v) is 3.69. The van der Waals surface area contributed by atoms with E-state index in [1.807, 2.05) is 0 Å². The Kier molecular flexibility index (Phi) is 2.60. The van der Waals surface area contributed by atoms with Crippen LogP contribution < -0.4 is 5.32 Å². The third-order valence-corrected chi connectivity index (χ3v) is 2.51. The molecule has 0 spiro atoms. The number of halogens is 1. The summed E-state index contributed by atoms with van der Waals surface area (Å²) >= 11 is 0. The maximum Gasteiger partial charge on any atom is 0.325 e. The molecule has 1 fully saturated rings. The van der Waals surface area contributed by atoms with E-state index in [9.17, 15) is 14.0 Å². The summed E-state index contributed by atoms with van der Waals surface area (Å²) in [4.78, 5) is 24.0. The molecule has 4 nitrogen and oxygen atoms in total. The average molecular weight is 222 g/mol. The van der Waals surface area contributed by atoms with Crippen molar-refractivity contribution in [3.05, 3.63) is 35.6 Å². The van der Waals surface area contributed by atoms with E-state index in [1.165, 1.54) is 6.07 Å². The molecule has 5 heteroatoms. The highest BCUT2D eigenvalue weighted by Crippen LogP contribution is 2.14. The highest BCUT2D eigenvalue weighted by Gasteiger charge is 2.35. The fourth-order valence-electron chi connectivity index (χ4n) is 1.61. The Labute approximate surface area is 92.0 Å². The smallest absolute Gasteiger partial charge is 0.325 e. The first kappa shape index (κ1) is 10.6. The second kappa shape index (κ2) is 3.92. The quantitative estimate of drug-likeness (QED) is 0.766. The molecule has 84 valence electrons. The third-order valence-electron chi connectivity index (χ3n) is 2.51. The van der Waals surface area contributed by atoms with Crippen LogP contribution in [0.25, 0.3) is 0 Å². The van der Waals surface area contributed by atoms with Crippen molar-refractivity contribution >= 4 is 11.9 Å². The Hall–Kier alpha value is -1.91. The summed E-state index contributed by atoms with van der Waals surface area (Å²) < 4.78 is 13.3. The minimum atomic E-state index is -0.528. The van der Waals surface area contributed by atoms with Crippen LogP contribution in [0.15, 0.2) is 24.3 Å². The number of carbonyl (C=O) groups excluding carboxylic acids is 2. The van der Waals surface area contributed by atoms with Gasteiger partial charge in [-0.1, -0.05) is 18.2 Å². The molecule has 0 bridgehead atoms. The molecule has 1 heterocycles. The maximum atomic E-state index is 13.3. The van der Waals surface area contributed by atoms with E-state index >= 15 is 0 Å². The molecule has 0 saturated carbocycles. The van der Waals surface area contributed by atoms with Crippen molar-refractivity contribution in [2.75, 3.05) is 0 Å². The zero-order valence-corrected chi connectivity index (χ0v) is 8.74. The maximum absolute atomic E-state index is 13.3. The van der Waals surface area contributed by atoms with Gasteiger partial charge in [0.15, 0.2) is 0 Å². The van der Waals surface area contributed by atoms with Gasteiger partial charge in [0.2, 0.25) is 0 Å². The number of nitrogens with zero attached hydrogens (tertiary/aromatic N) is 1. The number of hydrogen-bond acceptors (Lipinski definition) is 2. The number of amides is 3. The second-order valence-electron chi connectivity index (χ2n) is 3.69. The molecule has 1 aromatic rings. The Morgan fingerprint density at radius 3 is 2.62 bits per heavy atom. The number of rotatable bonds is 2. The van der Waals surface area contributed by atoms with Crippen molar-refractivity contribution in [2.45, 2.75) is 19.5 Å². The number of nitrogens with one attached hydrogen (secondary N) is 1. The summed E-state index contributed by atoms with van der Waals surface area (Å²) in [5, 5.41) is 2.47. The predicted molar refractivity (Wildman–Crippen MR) is 54.9 cm³/mol. The molecule has 1 saturated heterocycles.